The zero-order valence-electron chi connectivity index (χ0n) is 17.9. The van der Waals surface area contributed by atoms with Crippen LogP contribution in [0.15, 0.2) is 82.3 Å². The maximum atomic E-state index is 13.4. The number of piperazine rings is 1. The van der Waals surface area contributed by atoms with Crippen LogP contribution in [0.1, 0.15) is 26.5 Å². The van der Waals surface area contributed by atoms with Crippen LogP contribution in [0.3, 0.4) is 0 Å². The molecule has 0 unspecified atom stereocenters. The maximum Gasteiger partial charge on any atom is 0.289 e. The highest BCUT2D eigenvalue weighted by atomic mass is 16.3. The molecule has 1 saturated heterocycles. The SMILES string of the molecule is O=C(c1ccco1)N1CCN(C(=O)c2cc3cccnc3n(Cc3ccccc3)c2=O)CC1. The molecule has 1 aromatic carbocycles. The molecular weight excluding hydrogens is 420 g/mol. The summed E-state index contributed by atoms with van der Waals surface area (Å²) in [6, 6.07) is 18.2. The van der Waals surface area contributed by atoms with Crippen LogP contribution < -0.4 is 5.56 Å². The summed E-state index contributed by atoms with van der Waals surface area (Å²) in [5, 5.41) is 0.725. The highest BCUT2D eigenvalue weighted by molar-refractivity contribution is 5.97. The van der Waals surface area contributed by atoms with Crippen molar-refractivity contribution in [3.63, 3.8) is 0 Å². The Bertz CT molecular complexity index is 1350. The molecule has 1 aliphatic rings. The number of benzene rings is 1. The molecule has 0 bridgehead atoms. The fourth-order valence-electron chi connectivity index (χ4n) is 4.11. The fourth-order valence-corrected chi connectivity index (χ4v) is 4.11. The second-order valence-corrected chi connectivity index (χ2v) is 7.91. The van der Waals surface area contributed by atoms with Crippen LogP contribution in [0.2, 0.25) is 0 Å². The van der Waals surface area contributed by atoms with Gasteiger partial charge in [0.2, 0.25) is 0 Å². The minimum absolute atomic E-state index is 0.109. The van der Waals surface area contributed by atoms with Crippen molar-refractivity contribution in [1.29, 1.82) is 0 Å². The topological polar surface area (TPSA) is 88.7 Å². The summed E-state index contributed by atoms with van der Waals surface area (Å²) in [6.07, 6.45) is 3.10. The van der Waals surface area contributed by atoms with Crippen LogP contribution >= 0.6 is 0 Å². The molecule has 1 fully saturated rings. The van der Waals surface area contributed by atoms with Gasteiger partial charge in [0.1, 0.15) is 11.2 Å². The Kier molecular flexibility index (Phi) is 5.48. The average Bonchev–Trinajstić information content (AvgIpc) is 3.40. The van der Waals surface area contributed by atoms with Crippen LogP contribution in [0.25, 0.3) is 11.0 Å². The van der Waals surface area contributed by atoms with Crippen LogP contribution in [0.5, 0.6) is 0 Å². The van der Waals surface area contributed by atoms with Crippen molar-refractivity contribution in [2.45, 2.75) is 6.54 Å². The molecule has 2 amide bonds. The summed E-state index contributed by atoms with van der Waals surface area (Å²) in [7, 11) is 0. The van der Waals surface area contributed by atoms with E-state index < -0.39 is 0 Å². The molecule has 0 N–H and O–H groups in total. The minimum atomic E-state index is -0.371. The van der Waals surface area contributed by atoms with Gasteiger partial charge in [-0.25, -0.2) is 4.98 Å². The van der Waals surface area contributed by atoms with E-state index in [4.69, 9.17) is 4.42 Å². The van der Waals surface area contributed by atoms with Gasteiger partial charge in [-0.05, 0) is 35.9 Å². The van der Waals surface area contributed by atoms with Gasteiger partial charge < -0.3 is 14.2 Å². The number of hydrogen-bond acceptors (Lipinski definition) is 5. The summed E-state index contributed by atoms with van der Waals surface area (Å²) < 4.78 is 6.74. The van der Waals surface area contributed by atoms with Gasteiger partial charge in [-0.2, -0.15) is 0 Å². The molecule has 0 spiro atoms. The van der Waals surface area contributed by atoms with E-state index >= 15 is 0 Å². The summed E-state index contributed by atoms with van der Waals surface area (Å²) in [4.78, 5) is 46.9. The largest absolute Gasteiger partial charge is 0.459 e. The molecule has 4 heterocycles. The smallest absolute Gasteiger partial charge is 0.289 e. The Morgan fingerprint density at radius 1 is 0.879 bits per heavy atom. The Balaban J connectivity index is 1.42. The lowest BCUT2D eigenvalue weighted by molar-refractivity contribution is 0.0517. The molecule has 8 heteroatoms. The number of carbonyl (C=O) groups excluding carboxylic acids is 2. The van der Waals surface area contributed by atoms with E-state index in [2.05, 4.69) is 4.98 Å². The molecule has 0 saturated carbocycles. The molecule has 33 heavy (non-hydrogen) atoms. The molecular formula is C25H22N4O4. The van der Waals surface area contributed by atoms with E-state index in [9.17, 15) is 14.4 Å². The third kappa shape index (κ3) is 4.03. The van der Waals surface area contributed by atoms with Crippen LogP contribution in [-0.4, -0.2) is 57.3 Å². The molecule has 3 aromatic heterocycles. The summed E-state index contributed by atoms with van der Waals surface area (Å²) >= 11 is 0. The first-order valence-electron chi connectivity index (χ1n) is 10.8. The van der Waals surface area contributed by atoms with Crippen molar-refractivity contribution in [2.75, 3.05) is 26.2 Å². The molecule has 166 valence electrons. The average molecular weight is 442 g/mol. The predicted molar refractivity (Wildman–Crippen MR) is 122 cm³/mol. The van der Waals surface area contributed by atoms with Gasteiger partial charge >= 0.3 is 0 Å². The second-order valence-electron chi connectivity index (χ2n) is 7.91. The van der Waals surface area contributed by atoms with Crippen molar-refractivity contribution in [1.82, 2.24) is 19.4 Å². The maximum absolute atomic E-state index is 13.4. The van der Waals surface area contributed by atoms with Crippen molar-refractivity contribution >= 4 is 22.8 Å². The molecule has 0 aliphatic carbocycles. The third-order valence-corrected chi connectivity index (χ3v) is 5.85. The van der Waals surface area contributed by atoms with E-state index in [0.717, 1.165) is 10.9 Å². The number of hydrogen-bond donors (Lipinski definition) is 0. The fraction of sp³-hybridized carbons (Fsp3) is 0.200. The number of aromatic nitrogens is 2. The van der Waals surface area contributed by atoms with E-state index in [1.54, 1.807) is 44.8 Å². The van der Waals surface area contributed by atoms with E-state index in [-0.39, 0.29) is 28.7 Å². The first-order valence-corrected chi connectivity index (χ1v) is 10.8. The first-order chi connectivity index (χ1) is 16.1. The van der Waals surface area contributed by atoms with Crippen LogP contribution in [0.4, 0.5) is 0 Å². The Labute approximate surface area is 189 Å². The Hall–Kier alpha value is -4.20. The number of rotatable bonds is 4. The second kappa shape index (κ2) is 8.74. The number of pyridine rings is 2. The summed E-state index contributed by atoms with van der Waals surface area (Å²) in [5.74, 6) is -0.257. The number of amides is 2. The van der Waals surface area contributed by atoms with Gasteiger partial charge in [0.05, 0.1) is 12.8 Å². The quantitative estimate of drug-likeness (QED) is 0.485. The number of furan rings is 1. The van der Waals surface area contributed by atoms with Gasteiger partial charge in [0, 0.05) is 37.8 Å². The van der Waals surface area contributed by atoms with Crippen molar-refractivity contribution in [3.8, 4) is 0 Å². The molecule has 4 aromatic rings. The van der Waals surface area contributed by atoms with E-state index in [1.807, 2.05) is 36.4 Å². The summed E-state index contributed by atoms with van der Waals surface area (Å²) in [5.41, 5.74) is 1.22. The molecule has 0 atom stereocenters. The Morgan fingerprint density at radius 2 is 1.61 bits per heavy atom. The molecule has 5 rings (SSSR count). The van der Waals surface area contributed by atoms with Gasteiger partial charge in [-0.15, -0.1) is 0 Å². The first kappa shape index (κ1) is 20.7. The lowest BCUT2D eigenvalue weighted by Crippen LogP contribution is -2.51. The summed E-state index contributed by atoms with van der Waals surface area (Å²) in [6.45, 7) is 1.75. The highest BCUT2D eigenvalue weighted by Gasteiger charge is 2.28. The lowest BCUT2D eigenvalue weighted by Gasteiger charge is -2.34. The van der Waals surface area contributed by atoms with Crippen LogP contribution in [-0.2, 0) is 6.54 Å². The van der Waals surface area contributed by atoms with Crippen LogP contribution in [0, 0.1) is 0 Å². The van der Waals surface area contributed by atoms with Gasteiger partial charge in [0.15, 0.2) is 5.76 Å². The van der Waals surface area contributed by atoms with E-state index in [0.29, 0.717) is 38.4 Å². The highest BCUT2D eigenvalue weighted by Crippen LogP contribution is 2.16. The Morgan fingerprint density at radius 3 is 2.30 bits per heavy atom. The monoisotopic (exact) mass is 442 g/mol. The predicted octanol–water partition coefficient (Wildman–Crippen LogP) is 2.64. The molecule has 1 aliphatic heterocycles. The molecule has 0 radical (unpaired) electrons. The lowest BCUT2D eigenvalue weighted by atomic mass is 10.1. The number of fused-ring (bicyclic) bond motifs is 1. The zero-order valence-corrected chi connectivity index (χ0v) is 17.9. The van der Waals surface area contributed by atoms with Gasteiger partial charge in [0.25, 0.3) is 17.4 Å². The van der Waals surface area contributed by atoms with Crippen molar-refractivity contribution < 1.29 is 14.0 Å². The van der Waals surface area contributed by atoms with Crippen molar-refractivity contribution in [2.24, 2.45) is 0 Å². The van der Waals surface area contributed by atoms with E-state index in [1.165, 1.54) is 6.26 Å². The number of carbonyl (C=O) groups is 2. The molecule has 8 nitrogen and oxygen atoms in total. The normalized spacial score (nSPS) is 13.9. The minimum Gasteiger partial charge on any atom is -0.459 e. The van der Waals surface area contributed by atoms with Gasteiger partial charge in [-0.1, -0.05) is 30.3 Å². The van der Waals surface area contributed by atoms with Gasteiger partial charge in [-0.3, -0.25) is 19.0 Å². The standard InChI is InChI=1S/C25H22N4O4/c30-23(27-11-13-28(14-12-27)25(32)21-9-5-15-33-21)20-16-19-8-4-10-26-22(19)29(24(20)31)17-18-6-2-1-3-7-18/h1-10,15-16H,11-14,17H2. The zero-order chi connectivity index (χ0) is 22.8. The number of nitrogens with zero attached hydrogens (tertiary/aromatic N) is 4. The third-order valence-electron chi connectivity index (χ3n) is 5.85. The van der Waals surface area contributed by atoms with Crippen molar-refractivity contribution in [3.05, 3.63) is 100 Å².